The molecule has 0 radical (unpaired) electrons. The number of rotatable bonds is 2. The van der Waals surface area contributed by atoms with Crippen molar-refractivity contribution in [1.29, 1.82) is 0 Å². The quantitative estimate of drug-likeness (QED) is 0.553. The van der Waals surface area contributed by atoms with Gasteiger partial charge in [0.2, 0.25) is 0 Å². The molecule has 0 amide bonds. The fourth-order valence-corrected chi connectivity index (χ4v) is 3.52. The average Bonchev–Trinajstić information content (AvgIpc) is 2.39. The second kappa shape index (κ2) is 4.75. The number of fused-ring (bicyclic) bond motifs is 2. The third kappa shape index (κ3) is 1.93. The molecule has 0 atom stereocenters. The summed E-state index contributed by atoms with van der Waals surface area (Å²) in [6.45, 7) is 0. The molecule has 0 saturated carbocycles. The highest BCUT2D eigenvalue weighted by Gasteiger charge is 2.05. The Labute approximate surface area is 114 Å². The van der Waals surface area contributed by atoms with E-state index in [0.29, 0.717) is 0 Å². The van der Waals surface area contributed by atoms with Gasteiger partial charge in [-0.3, -0.25) is 4.79 Å². The van der Waals surface area contributed by atoms with Gasteiger partial charge in [0.05, 0.1) is 0 Å². The molecule has 0 aliphatic rings. The van der Waals surface area contributed by atoms with Crippen molar-refractivity contribution in [3.63, 3.8) is 0 Å². The van der Waals surface area contributed by atoms with Crippen LogP contribution in [0, 0.1) is 0 Å². The zero-order valence-corrected chi connectivity index (χ0v) is 11.4. The van der Waals surface area contributed by atoms with Crippen LogP contribution in [-0.2, 0) is 6.42 Å². The predicted octanol–water partition coefficient (Wildman–Crippen LogP) is 3.89. The zero-order valence-electron chi connectivity index (χ0n) is 9.72. The maximum atomic E-state index is 12.3. The van der Waals surface area contributed by atoms with E-state index in [0.717, 1.165) is 32.3 Å². The maximum Gasteiger partial charge on any atom is 0.195 e. The number of thiol groups is 1. The van der Waals surface area contributed by atoms with Crippen LogP contribution in [-0.4, -0.2) is 5.75 Å². The van der Waals surface area contributed by atoms with Crippen LogP contribution < -0.4 is 5.43 Å². The first-order valence-electron chi connectivity index (χ1n) is 5.85. The van der Waals surface area contributed by atoms with Gasteiger partial charge in [-0.25, -0.2) is 0 Å². The normalized spacial score (nSPS) is 11.2. The molecular weight excluding hydrogens is 260 g/mol. The molecule has 0 spiro atoms. The summed E-state index contributed by atoms with van der Waals surface area (Å²) in [4.78, 5) is 12.3. The lowest BCUT2D eigenvalue weighted by Gasteiger charge is -2.03. The molecule has 3 aromatic rings. The van der Waals surface area contributed by atoms with E-state index in [2.05, 4.69) is 18.7 Å². The van der Waals surface area contributed by atoms with Gasteiger partial charge in [-0.1, -0.05) is 18.2 Å². The van der Waals surface area contributed by atoms with Gasteiger partial charge in [-0.15, -0.1) is 11.3 Å². The van der Waals surface area contributed by atoms with Crippen molar-refractivity contribution in [3.05, 3.63) is 58.3 Å². The van der Waals surface area contributed by atoms with Gasteiger partial charge in [0.1, 0.15) is 0 Å². The second-order valence-corrected chi connectivity index (χ2v) is 5.76. The molecule has 0 aliphatic heterocycles. The summed E-state index contributed by atoms with van der Waals surface area (Å²) in [6.07, 6.45) is 0.937. The molecule has 0 unspecified atom stereocenters. The molecule has 1 aromatic heterocycles. The Kier molecular flexibility index (Phi) is 3.10. The zero-order chi connectivity index (χ0) is 12.5. The average molecular weight is 272 g/mol. The number of hydrogen-bond donors (Lipinski definition) is 1. The molecular formula is C15H12OS2. The minimum Gasteiger partial charge on any atom is -0.289 e. The van der Waals surface area contributed by atoms with E-state index in [1.165, 1.54) is 5.56 Å². The third-order valence-corrected chi connectivity index (χ3v) is 4.40. The van der Waals surface area contributed by atoms with E-state index >= 15 is 0 Å². The SMILES string of the molecule is O=c1c2ccccc2sc2cc(CCS)ccc12. The van der Waals surface area contributed by atoms with Gasteiger partial charge < -0.3 is 0 Å². The summed E-state index contributed by atoms with van der Waals surface area (Å²) in [5.74, 6) is 0.827. The van der Waals surface area contributed by atoms with E-state index in [4.69, 9.17) is 0 Å². The molecule has 3 rings (SSSR count). The lowest BCUT2D eigenvalue weighted by atomic mass is 10.1. The summed E-state index contributed by atoms with van der Waals surface area (Å²) in [5.41, 5.74) is 1.38. The van der Waals surface area contributed by atoms with Gasteiger partial charge in [0, 0.05) is 20.2 Å². The van der Waals surface area contributed by atoms with Gasteiger partial charge in [-0.2, -0.15) is 12.6 Å². The summed E-state index contributed by atoms with van der Waals surface area (Å²) < 4.78 is 2.12. The summed E-state index contributed by atoms with van der Waals surface area (Å²) >= 11 is 5.93. The van der Waals surface area contributed by atoms with E-state index in [-0.39, 0.29) is 5.43 Å². The lowest BCUT2D eigenvalue weighted by Crippen LogP contribution is -2.01. The van der Waals surface area contributed by atoms with Crippen molar-refractivity contribution < 1.29 is 0 Å². The molecule has 0 bridgehead atoms. The third-order valence-electron chi connectivity index (χ3n) is 3.04. The number of hydrogen-bond acceptors (Lipinski definition) is 3. The molecule has 0 aliphatic carbocycles. The first-order chi connectivity index (χ1) is 8.79. The van der Waals surface area contributed by atoms with Crippen molar-refractivity contribution in [2.45, 2.75) is 6.42 Å². The van der Waals surface area contributed by atoms with Crippen LogP contribution in [0.5, 0.6) is 0 Å². The Bertz CT molecular complexity index is 774. The predicted molar refractivity (Wildman–Crippen MR) is 83.2 cm³/mol. The molecule has 1 heterocycles. The van der Waals surface area contributed by atoms with Crippen molar-refractivity contribution in [1.82, 2.24) is 0 Å². The molecule has 18 heavy (non-hydrogen) atoms. The Morgan fingerprint density at radius 2 is 1.78 bits per heavy atom. The summed E-state index contributed by atoms with van der Waals surface area (Å²) in [7, 11) is 0. The lowest BCUT2D eigenvalue weighted by molar-refractivity contribution is 1.17. The Morgan fingerprint density at radius 1 is 1.00 bits per heavy atom. The van der Waals surface area contributed by atoms with Crippen LogP contribution >= 0.6 is 24.0 Å². The summed E-state index contributed by atoms with van der Waals surface area (Å²) in [6, 6.07) is 13.9. The van der Waals surface area contributed by atoms with Crippen LogP contribution in [0.15, 0.2) is 47.3 Å². The van der Waals surface area contributed by atoms with Gasteiger partial charge in [0.25, 0.3) is 0 Å². The standard InChI is InChI=1S/C15H12OS2/c16-15-11-3-1-2-4-13(11)18-14-9-10(7-8-17)5-6-12(14)15/h1-6,9,17H,7-8H2. The second-order valence-electron chi connectivity index (χ2n) is 4.23. The monoisotopic (exact) mass is 272 g/mol. The molecule has 0 fully saturated rings. The Morgan fingerprint density at radius 3 is 2.61 bits per heavy atom. The Balaban J connectivity index is 2.37. The topological polar surface area (TPSA) is 17.1 Å². The molecule has 3 heteroatoms. The van der Waals surface area contributed by atoms with Crippen LogP contribution in [0.3, 0.4) is 0 Å². The largest absolute Gasteiger partial charge is 0.289 e. The van der Waals surface area contributed by atoms with Gasteiger partial charge in [0.15, 0.2) is 5.43 Å². The van der Waals surface area contributed by atoms with Crippen molar-refractivity contribution >= 4 is 44.1 Å². The first kappa shape index (κ1) is 11.8. The van der Waals surface area contributed by atoms with Crippen LogP contribution in [0.2, 0.25) is 0 Å². The fourth-order valence-electron chi connectivity index (χ4n) is 2.13. The van der Waals surface area contributed by atoms with Crippen molar-refractivity contribution in [2.75, 3.05) is 5.75 Å². The van der Waals surface area contributed by atoms with Crippen molar-refractivity contribution in [3.8, 4) is 0 Å². The molecule has 0 N–H and O–H groups in total. The van der Waals surface area contributed by atoms with Crippen LogP contribution in [0.1, 0.15) is 5.56 Å². The maximum absolute atomic E-state index is 12.3. The highest BCUT2D eigenvalue weighted by Crippen LogP contribution is 2.25. The van der Waals surface area contributed by atoms with Crippen LogP contribution in [0.4, 0.5) is 0 Å². The number of benzene rings is 2. The van der Waals surface area contributed by atoms with Gasteiger partial charge in [-0.05, 0) is 42.0 Å². The Hall–Kier alpha value is -1.32. The minimum absolute atomic E-state index is 0.136. The molecule has 0 saturated heterocycles. The molecule has 90 valence electrons. The van der Waals surface area contributed by atoms with E-state index in [1.54, 1.807) is 11.3 Å². The smallest absolute Gasteiger partial charge is 0.195 e. The van der Waals surface area contributed by atoms with Crippen molar-refractivity contribution in [2.24, 2.45) is 0 Å². The highest BCUT2D eigenvalue weighted by atomic mass is 32.1. The van der Waals surface area contributed by atoms with E-state index < -0.39 is 0 Å². The highest BCUT2D eigenvalue weighted by molar-refractivity contribution is 7.80. The minimum atomic E-state index is 0.136. The molecule has 2 aromatic carbocycles. The van der Waals surface area contributed by atoms with Gasteiger partial charge >= 0.3 is 0 Å². The van der Waals surface area contributed by atoms with E-state index in [1.807, 2.05) is 36.4 Å². The summed E-state index contributed by atoms with van der Waals surface area (Å²) in [5, 5.41) is 1.64. The number of aryl methyl sites for hydroxylation is 1. The fraction of sp³-hybridized carbons (Fsp3) is 0.133. The first-order valence-corrected chi connectivity index (χ1v) is 7.30. The van der Waals surface area contributed by atoms with E-state index in [9.17, 15) is 4.79 Å². The van der Waals surface area contributed by atoms with Crippen LogP contribution in [0.25, 0.3) is 20.2 Å². The molecule has 1 nitrogen and oxygen atoms in total.